The molecule has 1 aliphatic heterocycles. The summed E-state index contributed by atoms with van der Waals surface area (Å²) in [5.41, 5.74) is 0. The lowest BCUT2D eigenvalue weighted by atomic mass is 9.98. The van der Waals surface area contributed by atoms with Gasteiger partial charge in [0.05, 0.1) is 0 Å². The van der Waals surface area contributed by atoms with Gasteiger partial charge in [0.1, 0.15) is 0 Å². The average molecular weight is 200 g/mol. The first-order valence-corrected chi connectivity index (χ1v) is 5.70. The maximum atomic E-state index is 8.81. The molecule has 0 radical (unpaired) electrons. The lowest BCUT2D eigenvalue weighted by Gasteiger charge is -2.36. The van der Waals surface area contributed by atoms with Crippen LogP contribution in [0.2, 0.25) is 0 Å². The second-order valence-corrected chi connectivity index (χ2v) is 4.63. The minimum Gasteiger partial charge on any atom is -0.396 e. The minimum atomic E-state index is 0.288. The molecule has 84 valence electrons. The van der Waals surface area contributed by atoms with Crippen LogP contribution in [0, 0.1) is 0 Å². The fourth-order valence-corrected chi connectivity index (χ4v) is 2.12. The van der Waals surface area contributed by atoms with Gasteiger partial charge in [-0.2, -0.15) is 0 Å². The van der Waals surface area contributed by atoms with E-state index in [0.29, 0.717) is 18.1 Å². The van der Waals surface area contributed by atoms with Gasteiger partial charge in [-0.15, -0.1) is 0 Å². The second kappa shape index (κ2) is 5.69. The Balaban J connectivity index is 2.25. The fourth-order valence-electron chi connectivity index (χ4n) is 2.12. The van der Waals surface area contributed by atoms with Crippen molar-refractivity contribution in [1.82, 2.24) is 10.2 Å². The number of hydrogen-bond acceptors (Lipinski definition) is 3. The fraction of sp³-hybridized carbons (Fsp3) is 1.00. The Labute approximate surface area is 87.5 Å². The number of likely N-dealkylation sites (tertiary alicyclic amines) is 1. The van der Waals surface area contributed by atoms with Crippen molar-refractivity contribution in [2.75, 3.05) is 20.2 Å². The first-order valence-electron chi connectivity index (χ1n) is 5.70. The summed E-state index contributed by atoms with van der Waals surface area (Å²) >= 11 is 0. The first-order chi connectivity index (χ1) is 6.63. The zero-order valence-corrected chi connectivity index (χ0v) is 9.66. The van der Waals surface area contributed by atoms with Crippen LogP contribution in [0.25, 0.3) is 0 Å². The van der Waals surface area contributed by atoms with Crippen LogP contribution in [0.1, 0.15) is 33.1 Å². The van der Waals surface area contributed by atoms with Crippen LogP contribution in [-0.4, -0.2) is 48.3 Å². The average Bonchev–Trinajstić information content (AvgIpc) is 2.12. The highest BCUT2D eigenvalue weighted by molar-refractivity contribution is 4.82. The molecule has 1 aliphatic rings. The molecule has 1 fully saturated rings. The van der Waals surface area contributed by atoms with Gasteiger partial charge in [0.15, 0.2) is 0 Å². The molecule has 0 aliphatic carbocycles. The zero-order valence-electron chi connectivity index (χ0n) is 9.66. The lowest BCUT2D eigenvalue weighted by molar-refractivity contribution is 0.159. The molecule has 0 saturated carbocycles. The summed E-state index contributed by atoms with van der Waals surface area (Å²) in [6.07, 6.45) is 3.32. The van der Waals surface area contributed by atoms with Crippen molar-refractivity contribution in [3.63, 3.8) is 0 Å². The van der Waals surface area contributed by atoms with Crippen molar-refractivity contribution in [2.45, 2.75) is 51.2 Å². The molecule has 3 heteroatoms. The van der Waals surface area contributed by atoms with E-state index in [0.717, 1.165) is 6.42 Å². The Morgan fingerprint density at radius 2 is 2.29 bits per heavy atom. The Morgan fingerprint density at radius 3 is 2.86 bits per heavy atom. The second-order valence-electron chi connectivity index (χ2n) is 4.63. The SMILES string of the molecule is CC(CCO)NC1CCN(C)C(C)C1. The molecule has 0 bridgehead atoms. The molecule has 3 atom stereocenters. The summed E-state index contributed by atoms with van der Waals surface area (Å²) in [6, 6.07) is 1.77. The standard InChI is InChI=1S/C11H24N2O/c1-9(5-7-14)12-11-4-6-13(3)10(2)8-11/h9-12,14H,4-8H2,1-3H3. The summed E-state index contributed by atoms with van der Waals surface area (Å²) in [5, 5.41) is 12.4. The maximum Gasteiger partial charge on any atom is 0.0445 e. The summed E-state index contributed by atoms with van der Waals surface area (Å²) in [7, 11) is 2.19. The third kappa shape index (κ3) is 3.56. The number of nitrogens with one attached hydrogen (secondary N) is 1. The Kier molecular flexibility index (Phi) is 4.85. The molecule has 14 heavy (non-hydrogen) atoms. The van der Waals surface area contributed by atoms with Crippen molar-refractivity contribution in [3.8, 4) is 0 Å². The van der Waals surface area contributed by atoms with Crippen LogP contribution in [0.5, 0.6) is 0 Å². The summed E-state index contributed by atoms with van der Waals surface area (Å²) in [4.78, 5) is 2.41. The van der Waals surface area contributed by atoms with Crippen molar-refractivity contribution < 1.29 is 5.11 Å². The van der Waals surface area contributed by atoms with Crippen LogP contribution in [0.3, 0.4) is 0 Å². The number of nitrogens with zero attached hydrogens (tertiary/aromatic N) is 1. The maximum absolute atomic E-state index is 8.81. The van der Waals surface area contributed by atoms with Gasteiger partial charge in [0.2, 0.25) is 0 Å². The predicted molar refractivity (Wildman–Crippen MR) is 59.4 cm³/mol. The molecule has 1 saturated heterocycles. The first kappa shape index (κ1) is 12.0. The molecular formula is C11H24N2O. The van der Waals surface area contributed by atoms with Crippen molar-refractivity contribution in [2.24, 2.45) is 0 Å². The Hall–Kier alpha value is -0.120. The molecule has 0 aromatic carbocycles. The van der Waals surface area contributed by atoms with Crippen LogP contribution in [-0.2, 0) is 0 Å². The van der Waals surface area contributed by atoms with Gasteiger partial charge in [0, 0.05) is 24.7 Å². The van der Waals surface area contributed by atoms with E-state index in [1.807, 2.05) is 0 Å². The molecule has 0 aromatic heterocycles. The van der Waals surface area contributed by atoms with E-state index in [4.69, 9.17) is 5.11 Å². The van der Waals surface area contributed by atoms with Crippen LogP contribution >= 0.6 is 0 Å². The number of hydrogen-bond donors (Lipinski definition) is 2. The third-order valence-electron chi connectivity index (χ3n) is 3.29. The van der Waals surface area contributed by atoms with Gasteiger partial charge in [-0.3, -0.25) is 0 Å². The highest BCUT2D eigenvalue weighted by atomic mass is 16.3. The van der Waals surface area contributed by atoms with E-state index in [1.165, 1.54) is 19.4 Å². The van der Waals surface area contributed by atoms with E-state index in [1.54, 1.807) is 0 Å². The lowest BCUT2D eigenvalue weighted by Crippen LogP contribution is -2.48. The summed E-state index contributed by atoms with van der Waals surface area (Å²) in [5.74, 6) is 0. The zero-order chi connectivity index (χ0) is 10.6. The van der Waals surface area contributed by atoms with Crippen molar-refractivity contribution in [3.05, 3.63) is 0 Å². The molecule has 0 aromatic rings. The predicted octanol–water partition coefficient (Wildman–Crippen LogP) is 0.830. The van der Waals surface area contributed by atoms with Crippen molar-refractivity contribution >= 4 is 0 Å². The van der Waals surface area contributed by atoms with E-state index in [2.05, 4.69) is 31.1 Å². The molecule has 3 nitrogen and oxygen atoms in total. The smallest absolute Gasteiger partial charge is 0.0445 e. The minimum absolute atomic E-state index is 0.288. The van der Waals surface area contributed by atoms with Crippen LogP contribution in [0.4, 0.5) is 0 Å². The third-order valence-corrected chi connectivity index (χ3v) is 3.29. The molecule has 3 unspecified atom stereocenters. The molecule has 0 amide bonds. The summed E-state index contributed by atoms with van der Waals surface area (Å²) < 4.78 is 0. The van der Waals surface area contributed by atoms with E-state index in [9.17, 15) is 0 Å². The van der Waals surface area contributed by atoms with Gasteiger partial charge >= 0.3 is 0 Å². The number of rotatable bonds is 4. The molecule has 0 spiro atoms. The number of piperidine rings is 1. The normalized spacial score (nSPS) is 31.7. The number of aliphatic hydroxyl groups excluding tert-OH is 1. The van der Waals surface area contributed by atoms with E-state index < -0.39 is 0 Å². The largest absolute Gasteiger partial charge is 0.396 e. The van der Waals surface area contributed by atoms with Crippen molar-refractivity contribution in [1.29, 1.82) is 0 Å². The Morgan fingerprint density at radius 1 is 1.57 bits per heavy atom. The molecular weight excluding hydrogens is 176 g/mol. The Bertz CT molecular complexity index is 163. The monoisotopic (exact) mass is 200 g/mol. The van der Waals surface area contributed by atoms with Crippen LogP contribution in [0.15, 0.2) is 0 Å². The van der Waals surface area contributed by atoms with E-state index in [-0.39, 0.29) is 6.61 Å². The highest BCUT2D eigenvalue weighted by Gasteiger charge is 2.23. The summed E-state index contributed by atoms with van der Waals surface area (Å²) in [6.45, 7) is 5.91. The van der Waals surface area contributed by atoms with Gasteiger partial charge < -0.3 is 15.3 Å². The van der Waals surface area contributed by atoms with E-state index >= 15 is 0 Å². The molecule has 1 rings (SSSR count). The quantitative estimate of drug-likeness (QED) is 0.705. The van der Waals surface area contributed by atoms with Gasteiger partial charge in [-0.05, 0) is 46.7 Å². The molecule has 1 heterocycles. The van der Waals surface area contributed by atoms with Gasteiger partial charge in [0.25, 0.3) is 0 Å². The highest BCUT2D eigenvalue weighted by Crippen LogP contribution is 2.15. The van der Waals surface area contributed by atoms with Crippen LogP contribution < -0.4 is 5.32 Å². The molecule has 2 N–H and O–H groups in total. The van der Waals surface area contributed by atoms with Gasteiger partial charge in [-0.25, -0.2) is 0 Å². The van der Waals surface area contributed by atoms with Gasteiger partial charge in [-0.1, -0.05) is 0 Å². The topological polar surface area (TPSA) is 35.5 Å². The number of aliphatic hydroxyl groups is 1.